The number of rotatable bonds is 5. The molecule has 0 saturated heterocycles. The summed E-state index contributed by atoms with van der Waals surface area (Å²) in [5.41, 5.74) is 14.5. The van der Waals surface area contributed by atoms with E-state index in [4.69, 9.17) is 9.97 Å². The minimum Gasteiger partial charge on any atom is -0.309 e. The Morgan fingerprint density at radius 3 is 1.47 bits per heavy atom. The first-order valence-electron chi connectivity index (χ1n) is 20.5. The summed E-state index contributed by atoms with van der Waals surface area (Å²) in [6.07, 6.45) is 0. The van der Waals surface area contributed by atoms with Crippen molar-refractivity contribution in [2.75, 3.05) is 0 Å². The average molecular weight is 763 g/mol. The molecule has 0 spiro atoms. The second-order valence-electron chi connectivity index (χ2n) is 15.8. The Balaban J connectivity index is 0.891. The van der Waals surface area contributed by atoms with Crippen LogP contribution in [0.2, 0.25) is 0 Å². The molecule has 0 radical (unpaired) electrons. The number of nitrogens with zero attached hydrogens (tertiary/aromatic N) is 4. The zero-order valence-corrected chi connectivity index (χ0v) is 32.4. The van der Waals surface area contributed by atoms with Crippen molar-refractivity contribution in [1.82, 2.24) is 18.9 Å². The van der Waals surface area contributed by atoms with Crippen LogP contribution in [0.1, 0.15) is 0 Å². The van der Waals surface area contributed by atoms with E-state index in [-0.39, 0.29) is 0 Å². The Morgan fingerprint density at radius 1 is 0.300 bits per heavy atom. The summed E-state index contributed by atoms with van der Waals surface area (Å²) < 4.78 is 4.80. The fourth-order valence-electron chi connectivity index (χ4n) is 9.64. The molecule has 60 heavy (non-hydrogen) atoms. The summed E-state index contributed by atoms with van der Waals surface area (Å²) in [4.78, 5) is 10.4. The molecule has 0 aliphatic carbocycles. The Kier molecular flexibility index (Phi) is 6.98. The number of hydrogen-bond acceptors (Lipinski definition) is 2. The van der Waals surface area contributed by atoms with Crippen LogP contribution in [0, 0.1) is 0 Å². The standard InChI is InChI=1S/C56H34N4/c1-2-11-35(12-3-1)49-34-50(36-25-28-42(29-26-36)59-51-18-7-4-13-43(51)44-14-5-8-19-52(44)59)58-56(57-49)41-24-23-37-31-38(21-22-39(37)32-41)40-27-30-46-48-17-10-16-47-45-15-6-9-20-53(45)60(55(47)48)54(46)33-40/h1-34H. The van der Waals surface area contributed by atoms with E-state index < -0.39 is 0 Å². The van der Waals surface area contributed by atoms with Crippen molar-refractivity contribution in [3.8, 4) is 50.7 Å². The van der Waals surface area contributed by atoms with Crippen molar-refractivity contribution in [2.24, 2.45) is 0 Å². The molecule has 0 bridgehead atoms. The molecule has 0 aliphatic rings. The largest absolute Gasteiger partial charge is 0.309 e. The van der Waals surface area contributed by atoms with E-state index in [9.17, 15) is 0 Å². The van der Waals surface area contributed by atoms with Gasteiger partial charge in [-0.3, -0.25) is 0 Å². The van der Waals surface area contributed by atoms with Crippen molar-refractivity contribution in [1.29, 1.82) is 0 Å². The van der Waals surface area contributed by atoms with Gasteiger partial charge in [-0.05, 0) is 76.5 Å². The zero-order valence-electron chi connectivity index (χ0n) is 32.4. The maximum Gasteiger partial charge on any atom is 0.160 e. The SMILES string of the molecule is c1ccc(-c2cc(-c3ccc(-n4c5ccccc5c5ccccc54)cc3)nc(-c3ccc4cc(-c5ccc6c7cccc8c9ccccc9n(c6c5)c87)ccc4c3)n2)cc1. The molecule has 13 rings (SSSR count). The maximum absolute atomic E-state index is 5.23. The lowest BCUT2D eigenvalue weighted by molar-refractivity contribution is 1.17. The van der Waals surface area contributed by atoms with Crippen molar-refractivity contribution in [3.05, 3.63) is 206 Å². The Hall–Kier alpha value is -8.08. The van der Waals surface area contributed by atoms with Crippen LogP contribution in [0.3, 0.4) is 0 Å². The summed E-state index contributed by atoms with van der Waals surface area (Å²) in [5.74, 6) is 0.701. The van der Waals surface area contributed by atoms with Gasteiger partial charge in [0.15, 0.2) is 5.82 Å². The first-order chi connectivity index (χ1) is 29.7. The van der Waals surface area contributed by atoms with Crippen molar-refractivity contribution >= 4 is 70.7 Å². The predicted octanol–water partition coefficient (Wildman–Crippen LogP) is 14.5. The van der Waals surface area contributed by atoms with Gasteiger partial charge < -0.3 is 8.97 Å². The Morgan fingerprint density at radius 2 is 0.783 bits per heavy atom. The highest BCUT2D eigenvalue weighted by atomic mass is 15.0. The minimum absolute atomic E-state index is 0.701. The third kappa shape index (κ3) is 4.91. The van der Waals surface area contributed by atoms with Crippen LogP contribution in [0.4, 0.5) is 0 Å². The monoisotopic (exact) mass is 762 g/mol. The topological polar surface area (TPSA) is 35.1 Å². The van der Waals surface area contributed by atoms with Gasteiger partial charge in [-0.2, -0.15) is 0 Å². The molecule has 0 fully saturated rings. The lowest BCUT2D eigenvalue weighted by Crippen LogP contribution is -1.97. The number of aromatic nitrogens is 4. The van der Waals surface area contributed by atoms with Crippen LogP contribution in [0.15, 0.2) is 206 Å². The van der Waals surface area contributed by atoms with Crippen LogP contribution < -0.4 is 0 Å². The first kappa shape index (κ1) is 32.9. The molecule has 0 N–H and O–H groups in total. The van der Waals surface area contributed by atoms with Crippen molar-refractivity contribution < 1.29 is 0 Å². The van der Waals surface area contributed by atoms with E-state index in [1.807, 2.05) is 6.07 Å². The Labute approximate surface area is 345 Å². The van der Waals surface area contributed by atoms with Crippen LogP contribution in [0.25, 0.3) is 121 Å². The second-order valence-corrected chi connectivity index (χ2v) is 15.8. The summed E-state index contributed by atoms with van der Waals surface area (Å²) in [7, 11) is 0. The van der Waals surface area contributed by atoms with Crippen LogP contribution in [-0.2, 0) is 0 Å². The number of para-hydroxylation sites is 4. The molecule has 0 aliphatic heterocycles. The molecule has 4 heterocycles. The van der Waals surface area contributed by atoms with Crippen molar-refractivity contribution in [3.63, 3.8) is 0 Å². The van der Waals surface area contributed by atoms with E-state index in [0.29, 0.717) is 5.82 Å². The minimum atomic E-state index is 0.701. The van der Waals surface area contributed by atoms with Gasteiger partial charge in [0, 0.05) is 54.7 Å². The van der Waals surface area contributed by atoms with Gasteiger partial charge in [-0.25, -0.2) is 9.97 Å². The van der Waals surface area contributed by atoms with E-state index in [1.54, 1.807) is 0 Å². The molecule has 0 atom stereocenters. The smallest absolute Gasteiger partial charge is 0.160 e. The highest BCUT2D eigenvalue weighted by molar-refractivity contribution is 6.23. The van der Waals surface area contributed by atoms with Crippen LogP contribution >= 0.6 is 0 Å². The summed E-state index contributed by atoms with van der Waals surface area (Å²) in [5, 5.41) is 10.0. The average Bonchev–Trinajstić information content (AvgIpc) is 3.97. The van der Waals surface area contributed by atoms with E-state index in [2.05, 4.69) is 209 Å². The Bertz CT molecular complexity index is 3760. The maximum atomic E-state index is 5.23. The quantitative estimate of drug-likeness (QED) is 0.175. The molecule has 9 aromatic carbocycles. The predicted molar refractivity (Wildman–Crippen MR) is 250 cm³/mol. The summed E-state index contributed by atoms with van der Waals surface area (Å²) in [6.45, 7) is 0. The molecule has 13 aromatic rings. The molecular weight excluding hydrogens is 729 g/mol. The fourth-order valence-corrected chi connectivity index (χ4v) is 9.64. The molecule has 278 valence electrons. The van der Waals surface area contributed by atoms with Crippen LogP contribution in [-0.4, -0.2) is 18.9 Å². The van der Waals surface area contributed by atoms with E-state index in [0.717, 1.165) is 39.2 Å². The number of benzene rings is 9. The highest BCUT2D eigenvalue weighted by Crippen LogP contribution is 2.41. The number of fused-ring (bicyclic) bond motifs is 10. The van der Waals surface area contributed by atoms with Gasteiger partial charge in [0.05, 0.1) is 39.0 Å². The van der Waals surface area contributed by atoms with Gasteiger partial charge in [0.25, 0.3) is 0 Å². The molecule has 0 amide bonds. The summed E-state index contributed by atoms with van der Waals surface area (Å²) >= 11 is 0. The van der Waals surface area contributed by atoms with Gasteiger partial charge in [0.2, 0.25) is 0 Å². The normalized spacial score (nSPS) is 12.0. The highest BCUT2D eigenvalue weighted by Gasteiger charge is 2.18. The molecule has 4 aromatic heterocycles. The molecular formula is C56H34N4. The molecule has 4 heteroatoms. The lowest BCUT2D eigenvalue weighted by Gasteiger charge is -2.12. The van der Waals surface area contributed by atoms with E-state index in [1.165, 1.54) is 76.4 Å². The van der Waals surface area contributed by atoms with Crippen molar-refractivity contribution in [2.45, 2.75) is 0 Å². The zero-order chi connectivity index (χ0) is 39.3. The molecule has 4 nitrogen and oxygen atoms in total. The fraction of sp³-hybridized carbons (Fsp3) is 0. The van der Waals surface area contributed by atoms with Gasteiger partial charge >= 0.3 is 0 Å². The van der Waals surface area contributed by atoms with E-state index >= 15 is 0 Å². The summed E-state index contributed by atoms with van der Waals surface area (Å²) in [6, 6.07) is 74.2. The van der Waals surface area contributed by atoms with Crippen LogP contribution in [0.5, 0.6) is 0 Å². The second kappa shape index (κ2) is 12.7. The lowest BCUT2D eigenvalue weighted by atomic mass is 9.98. The third-order valence-corrected chi connectivity index (χ3v) is 12.5. The third-order valence-electron chi connectivity index (χ3n) is 12.5. The van der Waals surface area contributed by atoms with Gasteiger partial charge in [-0.15, -0.1) is 0 Å². The number of hydrogen-bond donors (Lipinski definition) is 0. The molecule has 0 unspecified atom stereocenters. The first-order valence-corrected chi connectivity index (χ1v) is 20.5. The van der Waals surface area contributed by atoms with Gasteiger partial charge in [0.1, 0.15) is 0 Å². The molecule has 0 saturated carbocycles. The van der Waals surface area contributed by atoms with Gasteiger partial charge in [-0.1, -0.05) is 152 Å².